The van der Waals surface area contributed by atoms with Gasteiger partial charge in [-0.15, -0.1) is 11.8 Å². The van der Waals surface area contributed by atoms with E-state index in [1.54, 1.807) is 31.4 Å². The Morgan fingerprint density at radius 3 is 2.25 bits per heavy atom. The summed E-state index contributed by atoms with van der Waals surface area (Å²) < 4.78 is 10.3. The quantitative estimate of drug-likeness (QED) is 0.474. The van der Waals surface area contributed by atoms with E-state index in [9.17, 15) is 4.79 Å². The van der Waals surface area contributed by atoms with Crippen molar-refractivity contribution in [3.05, 3.63) is 53.6 Å². The highest BCUT2D eigenvalue weighted by atomic mass is 35.5. The van der Waals surface area contributed by atoms with E-state index in [0.29, 0.717) is 10.8 Å². The molecule has 0 aliphatic rings. The number of carbonyl (C=O) groups excluding carboxylic acids is 1. The number of rotatable bonds is 5. The summed E-state index contributed by atoms with van der Waals surface area (Å²) in [4.78, 5) is 12.7. The fraction of sp³-hybridized carbons (Fsp3) is 0.133. The van der Waals surface area contributed by atoms with Crippen LogP contribution in [-0.2, 0) is 4.79 Å². The lowest BCUT2D eigenvalue weighted by Crippen LogP contribution is -2.10. The lowest BCUT2D eigenvalue weighted by molar-refractivity contribution is -0.131. The average Bonchev–Trinajstić information content (AvgIpc) is 2.48. The predicted molar refractivity (Wildman–Crippen MR) is 80.8 cm³/mol. The van der Waals surface area contributed by atoms with Gasteiger partial charge in [0.2, 0.25) is 0 Å². The van der Waals surface area contributed by atoms with Gasteiger partial charge < -0.3 is 9.47 Å². The van der Waals surface area contributed by atoms with Crippen molar-refractivity contribution in [3.8, 4) is 11.5 Å². The summed E-state index contributed by atoms with van der Waals surface area (Å²) in [6.45, 7) is 0. The van der Waals surface area contributed by atoms with Crippen molar-refractivity contribution < 1.29 is 14.3 Å². The van der Waals surface area contributed by atoms with E-state index in [1.807, 2.05) is 24.3 Å². The molecule has 104 valence electrons. The maximum atomic E-state index is 11.7. The van der Waals surface area contributed by atoms with Crippen LogP contribution in [-0.4, -0.2) is 18.8 Å². The first kappa shape index (κ1) is 14.8. The Kier molecular flexibility index (Phi) is 5.32. The number of thioether (sulfide) groups is 1. The van der Waals surface area contributed by atoms with Gasteiger partial charge in [0.15, 0.2) is 0 Å². The third-order valence-corrected chi connectivity index (χ3v) is 3.70. The smallest absolute Gasteiger partial charge is 0.321 e. The van der Waals surface area contributed by atoms with Gasteiger partial charge in [-0.2, -0.15) is 0 Å². The third-order valence-electron chi connectivity index (χ3n) is 2.46. The van der Waals surface area contributed by atoms with Gasteiger partial charge in [-0.3, -0.25) is 4.79 Å². The molecule has 0 atom stereocenters. The van der Waals surface area contributed by atoms with Gasteiger partial charge in [0, 0.05) is 9.92 Å². The molecule has 20 heavy (non-hydrogen) atoms. The Balaban J connectivity index is 1.83. The normalized spacial score (nSPS) is 10.1. The van der Waals surface area contributed by atoms with Crippen molar-refractivity contribution in [1.29, 1.82) is 0 Å². The van der Waals surface area contributed by atoms with Gasteiger partial charge in [0.1, 0.15) is 11.5 Å². The van der Waals surface area contributed by atoms with Gasteiger partial charge in [0.25, 0.3) is 0 Å². The third kappa shape index (κ3) is 4.47. The zero-order valence-corrected chi connectivity index (χ0v) is 12.4. The van der Waals surface area contributed by atoms with E-state index in [-0.39, 0.29) is 11.7 Å². The molecule has 0 radical (unpaired) electrons. The van der Waals surface area contributed by atoms with Crippen molar-refractivity contribution in [1.82, 2.24) is 0 Å². The van der Waals surface area contributed by atoms with E-state index in [1.165, 1.54) is 11.8 Å². The molecule has 5 heteroatoms. The highest BCUT2D eigenvalue weighted by molar-refractivity contribution is 8.00. The summed E-state index contributed by atoms with van der Waals surface area (Å²) in [6, 6.07) is 14.2. The average molecular weight is 309 g/mol. The van der Waals surface area contributed by atoms with Crippen molar-refractivity contribution in [2.45, 2.75) is 4.90 Å². The molecule has 0 spiro atoms. The zero-order valence-electron chi connectivity index (χ0n) is 10.8. The van der Waals surface area contributed by atoms with Crippen LogP contribution in [0.2, 0.25) is 5.02 Å². The molecular formula is C15H13ClO3S. The van der Waals surface area contributed by atoms with E-state index in [4.69, 9.17) is 21.1 Å². The Morgan fingerprint density at radius 1 is 1.05 bits per heavy atom. The zero-order chi connectivity index (χ0) is 14.4. The van der Waals surface area contributed by atoms with Crippen LogP contribution in [0.3, 0.4) is 0 Å². The first-order valence-corrected chi connectivity index (χ1v) is 7.27. The number of esters is 1. The molecule has 2 aromatic carbocycles. The van der Waals surface area contributed by atoms with Crippen LogP contribution < -0.4 is 9.47 Å². The van der Waals surface area contributed by atoms with Crippen molar-refractivity contribution in [2.24, 2.45) is 0 Å². The Morgan fingerprint density at radius 2 is 1.65 bits per heavy atom. The lowest BCUT2D eigenvalue weighted by atomic mass is 10.3. The maximum Gasteiger partial charge on any atom is 0.321 e. The van der Waals surface area contributed by atoms with Crippen LogP contribution in [0.25, 0.3) is 0 Å². The monoisotopic (exact) mass is 308 g/mol. The molecule has 2 rings (SSSR count). The van der Waals surface area contributed by atoms with Crippen LogP contribution in [0.1, 0.15) is 0 Å². The van der Waals surface area contributed by atoms with Gasteiger partial charge in [-0.05, 0) is 48.5 Å². The first-order valence-electron chi connectivity index (χ1n) is 5.90. The fourth-order valence-electron chi connectivity index (χ4n) is 1.48. The number of halogens is 1. The van der Waals surface area contributed by atoms with E-state index in [2.05, 4.69) is 0 Å². The summed E-state index contributed by atoms with van der Waals surface area (Å²) in [5.41, 5.74) is 0. The number of benzene rings is 2. The topological polar surface area (TPSA) is 35.5 Å². The summed E-state index contributed by atoms with van der Waals surface area (Å²) >= 11 is 7.17. The van der Waals surface area contributed by atoms with E-state index in [0.717, 1.165) is 10.6 Å². The molecule has 0 N–H and O–H groups in total. The molecule has 0 heterocycles. The summed E-state index contributed by atoms with van der Waals surface area (Å²) in [5, 5.41) is 0.609. The molecule has 0 fully saturated rings. The largest absolute Gasteiger partial charge is 0.497 e. The van der Waals surface area contributed by atoms with Gasteiger partial charge in [0.05, 0.1) is 12.9 Å². The van der Waals surface area contributed by atoms with E-state index >= 15 is 0 Å². The molecule has 0 aliphatic heterocycles. The second kappa shape index (κ2) is 7.22. The van der Waals surface area contributed by atoms with Crippen LogP contribution in [0.15, 0.2) is 53.4 Å². The van der Waals surface area contributed by atoms with Gasteiger partial charge >= 0.3 is 5.97 Å². The predicted octanol–water partition coefficient (Wildman–Crippen LogP) is 4.05. The maximum absolute atomic E-state index is 11.7. The molecule has 0 saturated heterocycles. The molecule has 0 amide bonds. The van der Waals surface area contributed by atoms with Crippen LogP contribution in [0.4, 0.5) is 0 Å². The molecule has 0 saturated carbocycles. The minimum atomic E-state index is -0.298. The highest BCUT2D eigenvalue weighted by Gasteiger charge is 2.06. The molecule has 0 aromatic heterocycles. The van der Waals surface area contributed by atoms with E-state index < -0.39 is 0 Å². The first-order chi connectivity index (χ1) is 9.67. The number of hydrogen-bond donors (Lipinski definition) is 0. The Labute approximate surface area is 126 Å². The highest BCUT2D eigenvalue weighted by Crippen LogP contribution is 2.22. The number of carbonyl (C=O) groups is 1. The van der Waals surface area contributed by atoms with Crippen molar-refractivity contribution in [3.63, 3.8) is 0 Å². The van der Waals surface area contributed by atoms with Crippen LogP contribution in [0.5, 0.6) is 11.5 Å². The molecule has 0 bridgehead atoms. The number of ether oxygens (including phenoxy) is 2. The second-order valence-corrected chi connectivity index (χ2v) is 5.38. The van der Waals surface area contributed by atoms with Gasteiger partial charge in [-0.1, -0.05) is 11.6 Å². The number of hydrogen-bond acceptors (Lipinski definition) is 4. The summed E-state index contributed by atoms with van der Waals surface area (Å²) in [6.07, 6.45) is 0. The molecule has 0 unspecified atom stereocenters. The molecule has 2 aromatic rings. The minimum Gasteiger partial charge on any atom is -0.497 e. The minimum absolute atomic E-state index is 0.245. The van der Waals surface area contributed by atoms with Gasteiger partial charge in [-0.25, -0.2) is 0 Å². The van der Waals surface area contributed by atoms with Crippen molar-refractivity contribution >= 4 is 29.3 Å². The van der Waals surface area contributed by atoms with Crippen molar-refractivity contribution in [2.75, 3.05) is 12.9 Å². The standard InChI is InChI=1S/C15H13ClO3S/c1-18-12-6-8-14(9-7-12)20-10-15(17)19-13-4-2-11(16)3-5-13/h2-9H,10H2,1H3. The number of methoxy groups -OCH3 is 1. The lowest BCUT2D eigenvalue weighted by Gasteiger charge is -2.05. The van der Waals surface area contributed by atoms with Crippen LogP contribution >= 0.6 is 23.4 Å². The molecular weight excluding hydrogens is 296 g/mol. The second-order valence-electron chi connectivity index (χ2n) is 3.89. The molecule has 3 nitrogen and oxygen atoms in total. The summed E-state index contributed by atoms with van der Waals surface area (Å²) in [7, 11) is 1.62. The SMILES string of the molecule is COc1ccc(SCC(=O)Oc2ccc(Cl)cc2)cc1. The summed E-state index contributed by atoms with van der Waals surface area (Å²) in [5.74, 6) is 1.23. The fourth-order valence-corrected chi connectivity index (χ4v) is 2.28. The molecule has 0 aliphatic carbocycles. The van der Waals surface area contributed by atoms with Crippen LogP contribution in [0, 0.1) is 0 Å². The Bertz CT molecular complexity index is 567. The Hall–Kier alpha value is -1.65.